The number of nitrogens with one attached hydrogen (secondary N) is 1. The van der Waals surface area contributed by atoms with Crippen molar-refractivity contribution in [2.24, 2.45) is 0 Å². The molecule has 0 bridgehead atoms. The van der Waals surface area contributed by atoms with Crippen LogP contribution in [0.1, 0.15) is 16.1 Å². The lowest BCUT2D eigenvalue weighted by Crippen LogP contribution is -2.12. The summed E-state index contributed by atoms with van der Waals surface area (Å²) in [6.45, 7) is -0.175. The van der Waals surface area contributed by atoms with Gasteiger partial charge in [0.25, 0.3) is 5.91 Å². The highest BCUT2D eigenvalue weighted by Crippen LogP contribution is 2.34. The molecule has 0 fully saturated rings. The molecule has 2 N–H and O–H groups in total. The van der Waals surface area contributed by atoms with E-state index in [0.29, 0.717) is 33.5 Å². The number of benzene rings is 3. The number of furan rings is 1. The van der Waals surface area contributed by atoms with Crippen LogP contribution >= 0.6 is 11.6 Å². The van der Waals surface area contributed by atoms with E-state index < -0.39 is 0 Å². The van der Waals surface area contributed by atoms with E-state index in [-0.39, 0.29) is 12.5 Å². The van der Waals surface area contributed by atoms with Crippen molar-refractivity contribution in [2.75, 3.05) is 12.4 Å². The summed E-state index contributed by atoms with van der Waals surface area (Å²) in [6.07, 6.45) is 0. The summed E-state index contributed by atoms with van der Waals surface area (Å²) in [4.78, 5) is 12.9. The summed E-state index contributed by atoms with van der Waals surface area (Å²) in [7, 11) is 1.55. The van der Waals surface area contributed by atoms with E-state index in [0.717, 1.165) is 16.3 Å². The highest BCUT2D eigenvalue weighted by Gasteiger charge is 2.15. The topological polar surface area (TPSA) is 71.7 Å². The van der Waals surface area contributed by atoms with Gasteiger partial charge in [-0.25, -0.2) is 0 Å². The summed E-state index contributed by atoms with van der Waals surface area (Å²) in [5.41, 5.74) is 1.84. The zero-order valence-electron chi connectivity index (χ0n) is 15.6. The Morgan fingerprint density at radius 3 is 2.62 bits per heavy atom. The third kappa shape index (κ3) is 3.70. The number of fused-ring (bicyclic) bond motifs is 1. The summed E-state index contributed by atoms with van der Waals surface area (Å²) in [6, 6.07) is 19.7. The average molecular weight is 408 g/mol. The second-order valence-corrected chi connectivity index (χ2v) is 6.84. The van der Waals surface area contributed by atoms with Gasteiger partial charge in [0, 0.05) is 27.7 Å². The van der Waals surface area contributed by atoms with Crippen molar-refractivity contribution in [1.82, 2.24) is 0 Å². The summed E-state index contributed by atoms with van der Waals surface area (Å²) in [5.74, 6) is 1.34. The van der Waals surface area contributed by atoms with Crippen molar-refractivity contribution >= 4 is 34.0 Å². The molecule has 29 heavy (non-hydrogen) atoms. The van der Waals surface area contributed by atoms with E-state index in [4.69, 9.17) is 20.8 Å². The van der Waals surface area contributed by atoms with Crippen LogP contribution < -0.4 is 10.1 Å². The summed E-state index contributed by atoms with van der Waals surface area (Å²) < 4.78 is 11.0. The molecule has 0 saturated carbocycles. The molecule has 0 aliphatic heterocycles. The molecule has 1 heterocycles. The lowest BCUT2D eigenvalue weighted by Gasteiger charge is -2.12. The smallest absolute Gasteiger partial charge is 0.256 e. The molecule has 5 nitrogen and oxygen atoms in total. The van der Waals surface area contributed by atoms with E-state index >= 15 is 0 Å². The highest BCUT2D eigenvalue weighted by atomic mass is 35.5. The van der Waals surface area contributed by atoms with Gasteiger partial charge in [-0.1, -0.05) is 35.9 Å². The van der Waals surface area contributed by atoms with Gasteiger partial charge in [0.2, 0.25) is 0 Å². The van der Waals surface area contributed by atoms with E-state index in [1.807, 2.05) is 24.3 Å². The van der Waals surface area contributed by atoms with E-state index in [1.54, 1.807) is 49.6 Å². The fourth-order valence-corrected chi connectivity index (χ4v) is 3.49. The first-order chi connectivity index (χ1) is 14.1. The second kappa shape index (κ2) is 7.99. The van der Waals surface area contributed by atoms with Crippen LogP contribution in [0, 0.1) is 0 Å². The molecule has 1 amide bonds. The molecule has 4 rings (SSSR count). The van der Waals surface area contributed by atoms with Crippen LogP contribution in [0.25, 0.3) is 22.1 Å². The van der Waals surface area contributed by atoms with Gasteiger partial charge in [-0.3, -0.25) is 4.79 Å². The normalized spacial score (nSPS) is 10.9. The van der Waals surface area contributed by atoms with Gasteiger partial charge in [-0.15, -0.1) is 0 Å². The van der Waals surface area contributed by atoms with Crippen LogP contribution in [0.3, 0.4) is 0 Å². The summed E-state index contributed by atoms with van der Waals surface area (Å²) in [5, 5.41) is 14.3. The number of carbonyl (C=O) groups excluding carboxylic acids is 1. The molecule has 4 aromatic rings. The Labute approximate surface area is 172 Å². The van der Waals surface area contributed by atoms with Crippen molar-refractivity contribution in [2.45, 2.75) is 6.61 Å². The maximum atomic E-state index is 12.9. The molecule has 146 valence electrons. The third-order valence-electron chi connectivity index (χ3n) is 4.66. The fraction of sp³-hybridized carbons (Fsp3) is 0.0870. The Balaban J connectivity index is 1.65. The number of anilines is 1. The number of hydrogen-bond donors (Lipinski definition) is 2. The zero-order chi connectivity index (χ0) is 20.4. The van der Waals surface area contributed by atoms with Crippen LogP contribution in [0.5, 0.6) is 5.75 Å². The number of halogens is 1. The number of aliphatic hydroxyl groups is 1. The Morgan fingerprint density at radius 2 is 1.86 bits per heavy atom. The van der Waals surface area contributed by atoms with Crippen molar-refractivity contribution in [3.8, 4) is 17.1 Å². The number of rotatable bonds is 5. The molecule has 3 aromatic carbocycles. The Hall–Kier alpha value is -3.28. The summed E-state index contributed by atoms with van der Waals surface area (Å²) >= 11 is 6.25. The van der Waals surface area contributed by atoms with E-state index in [9.17, 15) is 9.90 Å². The van der Waals surface area contributed by atoms with Crippen molar-refractivity contribution in [3.63, 3.8) is 0 Å². The van der Waals surface area contributed by atoms with Crippen molar-refractivity contribution < 1.29 is 19.1 Å². The predicted molar refractivity (Wildman–Crippen MR) is 114 cm³/mol. The highest BCUT2D eigenvalue weighted by molar-refractivity contribution is 6.36. The Bertz CT molecular complexity index is 1200. The van der Waals surface area contributed by atoms with Crippen LogP contribution in [-0.4, -0.2) is 18.1 Å². The minimum Gasteiger partial charge on any atom is -0.496 e. The second-order valence-electron chi connectivity index (χ2n) is 6.43. The van der Waals surface area contributed by atoms with Crippen LogP contribution in [0.15, 0.2) is 71.1 Å². The molecular weight excluding hydrogens is 390 g/mol. The van der Waals surface area contributed by atoms with Gasteiger partial charge < -0.3 is 19.6 Å². The monoisotopic (exact) mass is 407 g/mol. The average Bonchev–Trinajstić information content (AvgIpc) is 3.22. The van der Waals surface area contributed by atoms with Gasteiger partial charge in [-0.2, -0.15) is 0 Å². The van der Waals surface area contributed by atoms with E-state index in [1.165, 1.54) is 0 Å². The largest absolute Gasteiger partial charge is 0.496 e. The van der Waals surface area contributed by atoms with Crippen molar-refractivity contribution in [1.29, 1.82) is 0 Å². The molecule has 1 aromatic heterocycles. The standard InChI is InChI=1S/C23H18ClNO4/c1-28-22-12-14(8-10-19(22)21-11-9-15(13-26)29-21)25-23(27)18-6-2-5-17-16(18)4-3-7-20(17)24/h2-12,26H,13H2,1H3,(H,25,27). The fourth-order valence-electron chi connectivity index (χ4n) is 3.25. The molecule has 0 atom stereocenters. The number of ether oxygens (including phenoxy) is 1. The van der Waals surface area contributed by atoms with Gasteiger partial charge in [0.1, 0.15) is 23.9 Å². The predicted octanol–water partition coefficient (Wildman–Crippen LogP) is 5.51. The van der Waals surface area contributed by atoms with Crippen molar-refractivity contribution in [3.05, 3.63) is 83.1 Å². The van der Waals surface area contributed by atoms with Gasteiger partial charge in [0.05, 0.1) is 12.7 Å². The SMILES string of the molecule is COc1cc(NC(=O)c2cccc3c(Cl)cccc23)ccc1-c1ccc(CO)o1. The van der Waals surface area contributed by atoms with Crippen LogP contribution in [0.4, 0.5) is 5.69 Å². The lowest BCUT2D eigenvalue weighted by molar-refractivity contribution is 0.102. The van der Waals surface area contributed by atoms with Gasteiger partial charge in [-0.05, 0) is 41.8 Å². The van der Waals surface area contributed by atoms with Gasteiger partial charge in [0.15, 0.2) is 0 Å². The van der Waals surface area contributed by atoms with E-state index in [2.05, 4.69) is 5.32 Å². The number of methoxy groups -OCH3 is 1. The molecule has 0 spiro atoms. The van der Waals surface area contributed by atoms with Crippen LogP contribution in [-0.2, 0) is 6.61 Å². The number of aliphatic hydroxyl groups excluding tert-OH is 1. The first kappa shape index (κ1) is 19.1. The molecule has 0 aliphatic rings. The van der Waals surface area contributed by atoms with Gasteiger partial charge >= 0.3 is 0 Å². The maximum Gasteiger partial charge on any atom is 0.256 e. The molecule has 0 unspecified atom stereocenters. The molecular formula is C23H18ClNO4. The maximum absolute atomic E-state index is 12.9. The minimum atomic E-state index is -0.242. The molecule has 0 saturated heterocycles. The number of hydrogen-bond acceptors (Lipinski definition) is 4. The molecule has 0 radical (unpaired) electrons. The quantitative estimate of drug-likeness (QED) is 0.457. The minimum absolute atomic E-state index is 0.175. The first-order valence-electron chi connectivity index (χ1n) is 8.97. The van der Waals surface area contributed by atoms with Crippen LogP contribution in [0.2, 0.25) is 5.02 Å². The Kier molecular flexibility index (Phi) is 5.25. The number of amides is 1. The molecule has 0 aliphatic carbocycles. The zero-order valence-corrected chi connectivity index (χ0v) is 16.4. The first-order valence-corrected chi connectivity index (χ1v) is 9.35. The Morgan fingerprint density at radius 1 is 1.07 bits per heavy atom. The third-order valence-corrected chi connectivity index (χ3v) is 4.99. The lowest BCUT2D eigenvalue weighted by atomic mass is 10.0. The molecule has 6 heteroatoms. The number of carbonyl (C=O) groups is 1.